The predicted molar refractivity (Wildman–Crippen MR) is 146 cm³/mol. The van der Waals surface area contributed by atoms with Crippen LogP contribution in [0.25, 0.3) is 0 Å². The van der Waals surface area contributed by atoms with Crippen LogP contribution in [0, 0.1) is 0 Å². The predicted octanol–water partition coefficient (Wildman–Crippen LogP) is 3.32. The van der Waals surface area contributed by atoms with Crippen LogP contribution in [0.4, 0.5) is 24.5 Å². The van der Waals surface area contributed by atoms with E-state index in [-0.39, 0.29) is 17.5 Å². The van der Waals surface area contributed by atoms with Crippen molar-refractivity contribution in [2.75, 3.05) is 57.2 Å². The Morgan fingerprint density at radius 3 is 2.78 bits per heavy atom. The van der Waals surface area contributed by atoms with E-state index in [4.69, 9.17) is 9.47 Å². The third-order valence-electron chi connectivity index (χ3n) is 7.17. The first-order valence-electron chi connectivity index (χ1n) is 13.5. The van der Waals surface area contributed by atoms with Crippen LogP contribution in [-0.4, -0.2) is 85.9 Å². The highest BCUT2D eigenvalue weighted by molar-refractivity contribution is 5.96. The fourth-order valence-electron chi connectivity index (χ4n) is 5.27. The maximum absolute atomic E-state index is 13.3. The molecule has 0 spiro atoms. The van der Waals surface area contributed by atoms with Crippen molar-refractivity contribution in [3.05, 3.63) is 53.9 Å². The van der Waals surface area contributed by atoms with E-state index in [1.54, 1.807) is 17.0 Å². The van der Waals surface area contributed by atoms with E-state index in [9.17, 15) is 22.8 Å². The summed E-state index contributed by atoms with van der Waals surface area (Å²) in [6.45, 7) is 2.35. The number of halogens is 3. The molecule has 0 bridgehead atoms. The fourth-order valence-corrected chi connectivity index (χ4v) is 5.27. The average molecular weight is 575 g/mol. The van der Waals surface area contributed by atoms with Gasteiger partial charge < -0.3 is 34.8 Å². The topological polar surface area (TPSA) is 99.3 Å². The monoisotopic (exact) mass is 574 g/mol. The Labute approximate surface area is 236 Å². The number of hydrogen-bond donors (Lipinski definition) is 2. The Balaban J connectivity index is 1.45. The van der Waals surface area contributed by atoms with Crippen molar-refractivity contribution in [2.24, 2.45) is 0 Å². The summed E-state index contributed by atoms with van der Waals surface area (Å²) in [4.78, 5) is 35.4. The van der Waals surface area contributed by atoms with Crippen LogP contribution in [0.5, 0.6) is 11.5 Å². The van der Waals surface area contributed by atoms with E-state index < -0.39 is 24.1 Å². The minimum Gasteiger partial charge on any atom is -0.486 e. The molecule has 3 aliphatic rings. The molecule has 2 atom stereocenters. The molecule has 4 heterocycles. The van der Waals surface area contributed by atoms with Crippen LogP contribution in [0.15, 0.2) is 42.6 Å². The van der Waals surface area contributed by atoms with E-state index >= 15 is 0 Å². The number of likely N-dealkylation sites (tertiary alicyclic amines) is 1. The zero-order valence-corrected chi connectivity index (χ0v) is 22.9. The molecule has 0 aliphatic carbocycles. The number of benzene rings is 1. The van der Waals surface area contributed by atoms with Gasteiger partial charge in [0.1, 0.15) is 24.6 Å². The molecule has 13 heteroatoms. The van der Waals surface area contributed by atoms with Crippen molar-refractivity contribution >= 4 is 23.2 Å². The molecule has 1 saturated heterocycles. The first-order valence-corrected chi connectivity index (χ1v) is 13.5. The van der Waals surface area contributed by atoms with E-state index in [1.807, 2.05) is 36.0 Å². The Bertz CT molecular complexity index is 1320. The Kier molecular flexibility index (Phi) is 8.25. The molecule has 0 radical (unpaired) electrons. The molecule has 0 saturated carbocycles. The summed E-state index contributed by atoms with van der Waals surface area (Å²) in [6.07, 6.45) is 1.25. The molecular formula is C28H33F3N6O4. The Morgan fingerprint density at radius 1 is 1.20 bits per heavy atom. The molecule has 2 amide bonds. The molecule has 220 valence electrons. The number of aromatic nitrogens is 1. The molecule has 1 fully saturated rings. The smallest absolute Gasteiger partial charge is 0.433 e. The summed E-state index contributed by atoms with van der Waals surface area (Å²) >= 11 is 0. The Hall–Kier alpha value is -4.00. The van der Waals surface area contributed by atoms with Gasteiger partial charge in [-0.25, -0.2) is 0 Å². The molecule has 41 heavy (non-hydrogen) atoms. The number of fused-ring (bicyclic) bond motifs is 3. The zero-order chi connectivity index (χ0) is 29.1. The van der Waals surface area contributed by atoms with Gasteiger partial charge in [0.15, 0.2) is 17.8 Å². The lowest BCUT2D eigenvalue weighted by atomic mass is 10.1. The van der Waals surface area contributed by atoms with E-state index in [2.05, 4.69) is 15.6 Å². The van der Waals surface area contributed by atoms with Crippen molar-refractivity contribution in [1.29, 1.82) is 0 Å². The second-order valence-electron chi connectivity index (χ2n) is 10.4. The summed E-state index contributed by atoms with van der Waals surface area (Å²) in [7, 11) is 3.84. The number of amides is 2. The van der Waals surface area contributed by atoms with Crippen LogP contribution >= 0.6 is 0 Å². The zero-order valence-electron chi connectivity index (χ0n) is 22.9. The van der Waals surface area contributed by atoms with Gasteiger partial charge >= 0.3 is 6.18 Å². The van der Waals surface area contributed by atoms with E-state index in [0.29, 0.717) is 55.7 Å². The number of alkyl halides is 3. The first-order chi connectivity index (χ1) is 19.6. The van der Waals surface area contributed by atoms with Crippen LogP contribution in [0.2, 0.25) is 0 Å². The van der Waals surface area contributed by atoms with Crippen LogP contribution < -0.4 is 25.0 Å². The first kappa shape index (κ1) is 28.5. The molecule has 5 rings (SSSR count). The maximum Gasteiger partial charge on any atom is 0.433 e. The van der Waals surface area contributed by atoms with Crippen molar-refractivity contribution in [3.63, 3.8) is 0 Å². The summed E-state index contributed by atoms with van der Waals surface area (Å²) in [5.74, 6) is 0.283. The number of carbonyl (C=O) groups excluding carboxylic acids is 2. The van der Waals surface area contributed by atoms with Crippen molar-refractivity contribution in [1.82, 2.24) is 20.1 Å². The van der Waals surface area contributed by atoms with Gasteiger partial charge in [-0.2, -0.15) is 13.2 Å². The van der Waals surface area contributed by atoms with Gasteiger partial charge in [-0.15, -0.1) is 0 Å². The lowest BCUT2D eigenvalue weighted by molar-refractivity contribution is -0.141. The summed E-state index contributed by atoms with van der Waals surface area (Å²) < 4.78 is 51.6. The summed E-state index contributed by atoms with van der Waals surface area (Å²) in [5.41, 5.74) is 0.0406. The van der Waals surface area contributed by atoms with Crippen LogP contribution in [0.1, 0.15) is 35.3 Å². The third kappa shape index (κ3) is 6.34. The average Bonchev–Trinajstić information content (AvgIpc) is 3.13. The van der Waals surface area contributed by atoms with Crippen LogP contribution in [-0.2, 0) is 11.0 Å². The fraction of sp³-hybridized carbons (Fsp3) is 0.464. The number of pyridine rings is 1. The quantitative estimate of drug-likeness (QED) is 0.508. The second kappa shape index (κ2) is 11.9. The summed E-state index contributed by atoms with van der Waals surface area (Å²) in [6, 6.07) is 5.33. The normalized spacial score (nSPS) is 20.5. The largest absolute Gasteiger partial charge is 0.486 e. The number of carbonyl (C=O) groups is 2. The van der Waals surface area contributed by atoms with Gasteiger partial charge in [0.2, 0.25) is 5.91 Å². The van der Waals surface area contributed by atoms with E-state index in [0.717, 1.165) is 31.5 Å². The standard InChI is InChI=1S/C28H33F3N6O4/c1-35(2)12-5-7-23(38)36-13-4-3-6-19(17-36)37-24-20(8-9-21-25(24)41-15-14-40-21)33-27(37)34-26(39)18-10-11-32-22(16-18)28(29,30)31/h5,7-11,16,19,27,33H,3-4,6,12-15,17H2,1-2H3,(H,34,39)/b7-5+/t19-,27?/m1/s1. The highest BCUT2D eigenvalue weighted by atomic mass is 19.4. The van der Waals surface area contributed by atoms with E-state index in [1.165, 1.54) is 6.07 Å². The number of likely N-dealkylation sites (N-methyl/N-ethyl adjacent to an activating group) is 1. The number of hydrogen-bond acceptors (Lipinski definition) is 8. The minimum atomic E-state index is -4.68. The SMILES string of the molecule is CN(C)C/C=C/C(=O)N1CCCC[C@@H](N2c3c(ccc4c3OCCO4)NC2NC(=O)c2ccnc(C(F)(F)F)c2)C1. The molecule has 10 nitrogen and oxygen atoms in total. The number of anilines is 2. The molecule has 1 aromatic heterocycles. The Morgan fingerprint density at radius 2 is 2.00 bits per heavy atom. The van der Waals surface area contributed by atoms with Gasteiger partial charge in [0.25, 0.3) is 5.91 Å². The molecule has 1 aromatic carbocycles. The number of rotatable bonds is 6. The minimum absolute atomic E-state index is 0.0992. The summed E-state index contributed by atoms with van der Waals surface area (Å²) in [5, 5.41) is 6.13. The number of nitrogens with zero attached hydrogens (tertiary/aromatic N) is 4. The number of ether oxygens (including phenoxy) is 2. The highest BCUT2D eigenvalue weighted by Gasteiger charge is 2.41. The van der Waals surface area contributed by atoms with Crippen LogP contribution in [0.3, 0.4) is 0 Å². The van der Waals surface area contributed by atoms with Crippen molar-refractivity contribution in [3.8, 4) is 11.5 Å². The molecule has 2 aromatic rings. The van der Waals surface area contributed by atoms with Gasteiger partial charge in [-0.1, -0.05) is 6.08 Å². The second-order valence-corrected chi connectivity index (χ2v) is 10.4. The molecule has 2 N–H and O–H groups in total. The molecule has 1 unspecified atom stereocenters. The van der Waals surface area contributed by atoms with Gasteiger partial charge in [0.05, 0.1) is 11.7 Å². The lowest BCUT2D eigenvalue weighted by Crippen LogP contribution is -2.56. The number of nitrogens with one attached hydrogen (secondary N) is 2. The van der Waals surface area contributed by atoms with Gasteiger partial charge in [-0.05, 0) is 57.6 Å². The van der Waals surface area contributed by atoms with Gasteiger partial charge in [0, 0.05) is 37.5 Å². The van der Waals surface area contributed by atoms with Crippen molar-refractivity contribution in [2.45, 2.75) is 37.8 Å². The van der Waals surface area contributed by atoms with Crippen molar-refractivity contribution < 1.29 is 32.2 Å². The maximum atomic E-state index is 13.3. The molecular weight excluding hydrogens is 541 g/mol. The van der Waals surface area contributed by atoms with Gasteiger partial charge in [-0.3, -0.25) is 14.6 Å². The lowest BCUT2D eigenvalue weighted by Gasteiger charge is -2.37. The molecule has 3 aliphatic heterocycles. The highest BCUT2D eigenvalue weighted by Crippen LogP contribution is 2.49. The third-order valence-corrected chi connectivity index (χ3v) is 7.17.